The van der Waals surface area contributed by atoms with E-state index >= 15 is 0 Å². The van der Waals surface area contributed by atoms with Gasteiger partial charge in [0.05, 0.1) is 16.8 Å². The Hall–Kier alpha value is -2.01. The fourth-order valence-corrected chi connectivity index (χ4v) is 9.65. The molecular weight excluding hydrogens is 444 g/mol. The summed E-state index contributed by atoms with van der Waals surface area (Å²) in [6.07, 6.45) is 18.5. The van der Waals surface area contributed by atoms with Crippen LogP contribution in [0.2, 0.25) is 0 Å². The molecule has 8 rings (SSSR count). The summed E-state index contributed by atoms with van der Waals surface area (Å²) in [5, 5.41) is 12.9. The number of likely N-dealkylation sites (tertiary alicyclic amines) is 1. The molecule has 0 radical (unpaired) electrons. The number of hydrogen-bond acceptors (Lipinski definition) is 4. The van der Waals surface area contributed by atoms with Gasteiger partial charge in [-0.1, -0.05) is 31.2 Å². The highest BCUT2D eigenvalue weighted by Crippen LogP contribution is 2.69. The molecule has 2 saturated carbocycles. The minimum absolute atomic E-state index is 0.0767. The normalized spacial score (nSPS) is 42.7. The lowest BCUT2D eigenvalue weighted by atomic mass is 9.58. The fourth-order valence-electron chi connectivity index (χ4n) is 9.65. The van der Waals surface area contributed by atoms with E-state index in [1.807, 2.05) is 19.3 Å². The van der Waals surface area contributed by atoms with Crippen molar-refractivity contribution in [2.24, 2.45) is 11.3 Å². The van der Waals surface area contributed by atoms with Crippen LogP contribution in [0.25, 0.3) is 10.8 Å². The summed E-state index contributed by atoms with van der Waals surface area (Å²) in [6.45, 7) is 6.16. The molecular formula is C32H38N2O2. The number of allylic oxidation sites excluding steroid dienone is 1. The van der Waals surface area contributed by atoms with E-state index < -0.39 is 5.60 Å². The van der Waals surface area contributed by atoms with Crippen molar-refractivity contribution in [2.75, 3.05) is 13.1 Å². The number of nitrogens with zero attached hydrogens (tertiary/aromatic N) is 2. The van der Waals surface area contributed by atoms with Crippen LogP contribution in [0.15, 0.2) is 60.0 Å². The number of β-amino-alcohol motifs (C(OH)–C–C–N with tert-alkyl or cyclic N) is 1. The van der Waals surface area contributed by atoms with Crippen LogP contribution in [0.4, 0.5) is 0 Å². The van der Waals surface area contributed by atoms with E-state index in [0.29, 0.717) is 17.9 Å². The van der Waals surface area contributed by atoms with Crippen molar-refractivity contribution < 1.29 is 9.84 Å². The molecule has 4 fully saturated rings. The van der Waals surface area contributed by atoms with Gasteiger partial charge in [-0.3, -0.25) is 9.88 Å². The van der Waals surface area contributed by atoms with E-state index in [4.69, 9.17) is 4.74 Å². The van der Waals surface area contributed by atoms with Crippen molar-refractivity contribution in [2.45, 2.75) is 94.0 Å². The number of fused-ring (bicyclic) bond motifs is 2. The number of hydrogen-bond donors (Lipinski definition) is 1. The van der Waals surface area contributed by atoms with Crippen LogP contribution in [0.5, 0.6) is 0 Å². The Balaban J connectivity index is 1.13. The van der Waals surface area contributed by atoms with Crippen molar-refractivity contribution in [3.63, 3.8) is 0 Å². The molecule has 1 N–H and O–H groups in total. The maximum absolute atomic E-state index is 10.3. The summed E-state index contributed by atoms with van der Waals surface area (Å²) >= 11 is 0. The molecule has 0 amide bonds. The van der Waals surface area contributed by atoms with Crippen LogP contribution in [0, 0.1) is 11.3 Å². The Morgan fingerprint density at radius 1 is 1.06 bits per heavy atom. The summed E-state index contributed by atoms with van der Waals surface area (Å²) in [5.41, 5.74) is 4.08. The van der Waals surface area contributed by atoms with Gasteiger partial charge >= 0.3 is 0 Å². The average Bonchev–Trinajstić information content (AvgIpc) is 3.37. The molecule has 1 aromatic heterocycles. The zero-order chi connectivity index (χ0) is 24.3. The van der Waals surface area contributed by atoms with Gasteiger partial charge < -0.3 is 9.84 Å². The minimum Gasteiger partial charge on any atom is -0.388 e. The lowest BCUT2D eigenvalue weighted by Crippen LogP contribution is -2.65. The highest BCUT2D eigenvalue weighted by atomic mass is 16.5. The van der Waals surface area contributed by atoms with Gasteiger partial charge in [-0.25, -0.2) is 0 Å². The lowest BCUT2D eigenvalue weighted by molar-refractivity contribution is -0.157. The summed E-state index contributed by atoms with van der Waals surface area (Å²) < 4.78 is 7.48. The van der Waals surface area contributed by atoms with Crippen molar-refractivity contribution in [1.82, 2.24) is 9.88 Å². The number of rotatable bonds is 2. The molecule has 2 bridgehead atoms. The van der Waals surface area contributed by atoms with Crippen molar-refractivity contribution in [1.29, 1.82) is 0 Å². The number of aliphatic hydroxyl groups is 1. The van der Waals surface area contributed by atoms with Gasteiger partial charge in [0.1, 0.15) is 0 Å². The molecule has 4 heteroatoms. The molecule has 2 spiro atoms. The van der Waals surface area contributed by atoms with Crippen LogP contribution in [0.3, 0.4) is 0 Å². The topological polar surface area (TPSA) is 45.6 Å². The first kappa shape index (κ1) is 22.0. The Bertz CT molecular complexity index is 1320. The SMILES string of the molecule is CC1(O)CN([C@@H]2CCC3=CC4=CC[C@]5(C)[C@@H](c6ccc7ccncc7c6)CC[C@H]5C45CC[C@]3(C2)O5)C1. The molecule has 1 aromatic carbocycles. The molecule has 2 saturated heterocycles. The monoisotopic (exact) mass is 482 g/mol. The molecule has 6 aliphatic rings. The van der Waals surface area contributed by atoms with E-state index in [0.717, 1.165) is 45.2 Å². The third-order valence-corrected chi connectivity index (χ3v) is 11.3. The molecule has 3 aliphatic heterocycles. The maximum atomic E-state index is 10.3. The molecule has 3 aliphatic carbocycles. The second kappa shape index (κ2) is 7.09. The van der Waals surface area contributed by atoms with Crippen LogP contribution in [-0.2, 0) is 4.74 Å². The van der Waals surface area contributed by atoms with Gasteiger partial charge in [-0.2, -0.15) is 0 Å². The quantitative estimate of drug-likeness (QED) is 0.578. The zero-order valence-corrected chi connectivity index (χ0v) is 21.7. The summed E-state index contributed by atoms with van der Waals surface area (Å²) in [7, 11) is 0. The highest BCUT2D eigenvalue weighted by Gasteiger charge is 2.66. The predicted octanol–water partition coefficient (Wildman–Crippen LogP) is 5.91. The number of pyridine rings is 1. The standard InChI is InChI=1S/C32H38N2O2/c1-29(35)19-34(20-29)26-6-5-24-16-25-9-11-30(2)27(22-4-3-21-10-14-33-18-23(21)15-22)7-8-28(30)32(25)13-12-31(24,17-26)36-32/h3-4,9-10,14-16,18,26-28,35H,5-8,11-13,17,19-20H2,1-2H3/t26-,27-,28-,30-,31-,32?/m1/s1. The van der Waals surface area contributed by atoms with Crippen LogP contribution < -0.4 is 0 Å². The van der Waals surface area contributed by atoms with E-state index in [1.54, 1.807) is 5.57 Å². The van der Waals surface area contributed by atoms with E-state index in [2.05, 4.69) is 53.2 Å². The Labute approximate surface area is 214 Å². The first-order valence-electron chi connectivity index (χ1n) is 14.2. The average molecular weight is 483 g/mol. The summed E-state index contributed by atoms with van der Waals surface area (Å²) in [4.78, 5) is 6.89. The lowest BCUT2D eigenvalue weighted by Gasteiger charge is -2.56. The number of benzene rings is 1. The molecule has 4 nitrogen and oxygen atoms in total. The van der Waals surface area contributed by atoms with Crippen LogP contribution in [0.1, 0.15) is 76.7 Å². The molecule has 4 heterocycles. The third-order valence-electron chi connectivity index (χ3n) is 11.3. The Morgan fingerprint density at radius 2 is 1.94 bits per heavy atom. The van der Waals surface area contributed by atoms with E-state index in [9.17, 15) is 5.11 Å². The van der Waals surface area contributed by atoms with E-state index in [-0.39, 0.29) is 16.6 Å². The molecule has 6 atom stereocenters. The molecule has 188 valence electrons. The van der Waals surface area contributed by atoms with Crippen molar-refractivity contribution in [3.05, 3.63) is 65.5 Å². The minimum atomic E-state index is -0.503. The van der Waals surface area contributed by atoms with Gasteiger partial charge in [0.25, 0.3) is 0 Å². The molecule has 36 heavy (non-hydrogen) atoms. The Kier molecular flexibility index (Phi) is 4.34. The summed E-state index contributed by atoms with van der Waals surface area (Å²) in [5.74, 6) is 1.13. The second-order valence-corrected chi connectivity index (χ2v) is 13.5. The summed E-state index contributed by atoms with van der Waals surface area (Å²) in [6, 6.07) is 9.73. The highest BCUT2D eigenvalue weighted by molar-refractivity contribution is 5.82. The van der Waals surface area contributed by atoms with Gasteiger partial charge in [-0.15, -0.1) is 0 Å². The zero-order valence-electron chi connectivity index (χ0n) is 21.7. The third kappa shape index (κ3) is 2.84. The Morgan fingerprint density at radius 3 is 2.81 bits per heavy atom. The van der Waals surface area contributed by atoms with E-state index in [1.165, 1.54) is 41.2 Å². The fraction of sp³-hybridized carbons (Fsp3) is 0.594. The number of ether oxygens (including phenoxy) is 1. The second-order valence-electron chi connectivity index (χ2n) is 13.5. The van der Waals surface area contributed by atoms with Crippen LogP contribution >= 0.6 is 0 Å². The van der Waals surface area contributed by atoms with Gasteiger partial charge in [-0.05, 0) is 110 Å². The molecule has 1 unspecified atom stereocenters. The van der Waals surface area contributed by atoms with Crippen molar-refractivity contribution >= 4 is 10.8 Å². The first-order valence-corrected chi connectivity index (χ1v) is 14.2. The molecule has 2 aromatic rings. The predicted molar refractivity (Wildman–Crippen MR) is 142 cm³/mol. The van der Waals surface area contributed by atoms with Crippen molar-refractivity contribution in [3.8, 4) is 0 Å². The van der Waals surface area contributed by atoms with Gasteiger partial charge in [0.15, 0.2) is 0 Å². The van der Waals surface area contributed by atoms with Gasteiger partial charge in [0, 0.05) is 36.9 Å². The van der Waals surface area contributed by atoms with Gasteiger partial charge in [0.2, 0.25) is 0 Å². The smallest absolute Gasteiger partial charge is 0.0974 e. The maximum Gasteiger partial charge on any atom is 0.0974 e. The van der Waals surface area contributed by atoms with Crippen LogP contribution in [-0.4, -0.2) is 50.9 Å². The largest absolute Gasteiger partial charge is 0.388 e. The first-order chi connectivity index (χ1) is 17.3. The number of aromatic nitrogens is 1.